The zero-order valence-corrected chi connectivity index (χ0v) is 11.3. The molecule has 2 atom stereocenters. The minimum atomic E-state index is 0.454. The predicted octanol–water partition coefficient (Wildman–Crippen LogP) is 1.20. The fraction of sp³-hybridized carbons (Fsp3) is 0.571. The minimum absolute atomic E-state index is 0.454. The Morgan fingerprint density at radius 1 is 1.06 bits per heavy atom. The third-order valence-corrected chi connectivity index (χ3v) is 3.47. The number of hydrogen-bond donors (Lipinski definition) is 2. The molecule has 1 heterocycles. The summed E-state index contributed by atoms with van der Waals surface area (Å²) < 4.78 is 10.6. The number of benzene rings is 1. The Bertz CT molecular complexity index is 373. The van der Waals surface area contributed by atoms with Crippen LogP contribution in [-0.4, -0.2) is 39.4 Å². The van der Waals surface area contributed by atoms with Crippen molar-refractivity contribution < 1.29 is 9.47 Å². The van der Waals surface area contributed by atoms with E-state index < -0.39 is 0 Å². The molecule has 1 aromatic carbocycles. The molecule has 0 bridgehead atoms. The molecule has 100 valence electrons. The van der Waals surface area contributed by atoms with Crippen LogP contribution < -0.4 is 20.1 Å². The smallest absolute Gasteiger partial charge is 0.122 e. The number of rotatable bonds is 4. The van der Waals surface area contributed by atoms with E-state index in [2.05, 4.69) is 29.7 Å². The van der Waals surface area contributed by atoms with Crippen molar-refractivity contribution in [2.24, 2.45) is 0 Å². The van der Waals surface area contributed by atoms with Crippen molar-refractivity contribution in [1.29, 1.82) is 0 Å². The highest BCUT2D eigenvalue weighted by molar-refractivity contribution is 5.38. The van der Waals surface area contributed by atoms with Gasteiger partial charge in [0.15, 0.2) is 0 Å². The molecule has 0 saturated carbocycles. The van der Waals surface area contributed by atoms with Crippen LogP contribution >= 0.6 is 0 Å². The van der Waals surface area contributed by atoms with Gasteiger partial charge in [0.2, 0.25) is 0 Å². The first-order chi connectivity index (χ1) is 8.72. The summed E-state index contributed by atoms with van der Waals surface area (Å²) in [5.41, 5.74) is 1.24. The maximum atomic E-state index is 5.30. The van der Waals surface area contributed by atoms with Crippen LogP contribution in [0.2, 0.25) is 0 Å². The molecule has 1 saturated heterocycles. The zero-order valence-electron chi connectivity index (χ0n) is 11.3. The number of ether oxygens (including phenoxy) is 2. The minimum Gasteiger partial charge on any atom is -0.497 e. The Morgan fingerprint density at radius 2 is 1.67 bits per heavy atom. The van der Waals surface area contributed by atoms with Gasteiger partial charge < -0.3 is 20.1 Å². The summed E-state index contributed by atoms with van der Waals surface area (Å²) in [6.07, 6.45) is 0.974. The molecule has 2 rings (SSSR count). The first-order valence-corrected chi connectivity index (χ1v) is 6.41. The van der Waals surface area contributed by atoms with Crippen LogP contribution in [0, 0.1) is 0 Å². The topological polar surface area (TPSA) is 42.5 Å². The quantitative estimate of drug-likeness (QED) is 0.842. The molecule has 1 aliphatic rings. The molecular formula is C14H22N2O2. The Kier molecular flexibility index (Phi) is 4.44. The maximum absolute atomic E-state index is 5.30. The number of piperazine rings is 1. The Morgan fingerprint density at radius 3 is 2.22 bits per heavy atom. The van der Waals surface area contributed by atoms with E-state index in [1.54, 1.807) is 14.2 Å². The molecular weight excluding hydrogens is 228 g/mol. The monoisotopic (exact) mass is 250 g/mol. The van der Waals surface area contributed by atoms with Crippen LogP contribution in [0.15, 0.2) is 18.2 Å². The highest BCUT2D eigenvalue weighted by atomic mass is 16.5. The number of nitrogens with one attached hydrogen (secondary N) is 2. The second kappa shape index (κ2) is 6.07. The highest BCUT2D eigenvalue weighted by Crippen LogP contribution is 2.23. The van der Waals surface area contributed by atoms with Gasteiger partial charge in [0.05, 0.1) is 14.2 Å². The van der Waals surface area contributed by atoms with Crippen molar-refractivity contribution in [2.45, 2.75) is 25.4 Å². The average Bonchev–Trinajstić information content (AvgIpc) is 2.41. The molecule has 4 heteroatoms. The predicted molar refractivity (Wildman–Crippen MR) is 72.5 cm³/mol. The first kappa shape index (κ1) is 13.2. The largest absolute Gasteiger partial charge is 0.497 e. The molecule has 0 aliphatic carbocycles. The van der Waals surface area contributed by atoms with Crippen molar-refractivity contribution in [3.63, 3.8) is 0 Å². The van der Waals surface area contributed by atoms with Crippen molar-refractivity contribution >= 4 is 0 Å². The summed E-state index contributed by atoms with van der Waals surface area (Å²) in [5, 5.41) is 7.03. The molecule has 0 aromatic heterocycles. The third kappa shape index (κ3) is 3.15. The highest BCUT2D eigenvalue weighted by Gasteiger charge is 2.20. The van der Waals surface area contributed by atoms with Crippen LogP contribution in [-0.2, 0) is 6.42 Å². The van der Waals surface area contributed by atoms with Gasteiger partial charge in [-0.05, 0) is 31.0 Å². The molecule has 0 radical (unpaired) electrons. The van der Waals surface area contributed by atoms with Crippen molar-refractivity contribution in [3.05, 3.63) is 23.8 Å². The normalized spacial score (nSPS) is 23.7. The maximum Gasteiger partial charge on any atom is 0.122 e. The summed E-state index contributed by atoms with van der Waals surface area (Å²) >= 11 is 0. The van der Waals surface area contributed by atoms with Gasteiger partial charge in [-0.2, -0.15) is 0 Å². The van der Waals surface area contributed by atoms with E-state index >= 15 is 0 Å². The van der Waals surface area contributed by atoms with Crippen molar-refractivity contribution in [1.82, 2.24) is 10.6 Å². The van der Waals surface area contributed by atoms with Gasteiger partial charge in [0.1, 0.15) is 11.5 Å². The molecule has 0 spiro atoms. The lowest BCUT2D eigenvalue weighted by atomic mass is 9.98. The van der Waals surface area contributed by atoms with E-state index in [-0.39, 0.29) is 0 Å². The number of hydrogen-bond acceptors (Lipinski definition) is 4. The van der Waals surface area contributed by atoms with Crippen LogP contribution in [0.5, 0.6) is 11.5 Å². The first-order valence-electron chi connectivity index (χ1n) is 6.41. The van der Waals surface area contributed by atoms with Gasteiger partial charge in [-0.1, -0.05) is 0 Å². The third-order valence-electron chi connectivity index (χ3n) is 3.47. The van der Waals surface area contributed by atoms with Gasteiger partial charge in [0, 0.05) is 31.2 Å². The molecule has 2 unspecified atom stereocenters. The summed E-state index contributed by atoms with van der Waals surface area (Å²) in [4.78, 5) is 0. The lowest BCUT2D eigenvalue weighted by Crippen LogP contribution is -2.55. The van der Waals surface area contributed by atoms with Gasteiger partial charge in [0.25, 0.3) is 0 Å². The summed E-state index contributed by atoms with van der Waals surface area (Å²) in [6.45, 7) is 4.28. The van der Waals surface area contributed by atoms with Gasteiger partial charge in [-0.3, -0.25) is 0 Å². The molecule has 1 aromatic rings. The standard InChI is InChI=1S/C14H22N2O2/c1-10-14(16-5-4-15-10)8-11-6-12(17-2)9-13(7-11)18-3/h6-7,9-10,14-16H,4-5,8H2,1-3H3. The van der Waals surface area contributed by atoms with Gasteiger partial charge >= 0.3 is 0 Å². The molecule has 0 amide bonds. The lowest BCUT2D eigenvalue weighted by molar-refractivity contribution is 0.335. The van der Waals surface area contributed by atoms with E-state index in [4.69, 9.17) is 9.47 Å². The van der Waals surface area contributed by atoms with E-state index in [0.29, 0.717) is 12.1 Å². The molecule has 18 heavy (non-hydrogen) atoms. The van der Waals surface area contributed by atoms with Gasteiger partial charge in [-0.25, -0.2) is 0 Å². The van der Waals surface area contributed by atoms with Gasteiger partial charge in [-0.15, -0.1) is 0 Å². The fourth-order valence-electron chi connectivity index (χ4n) is 2.36. The lowest BCUT2D eigenvalue weighted by Gasteiger charge is -2.31. The van der Waals surface area contributed by atoms with Crippen LogP contribution in [0.1, 0.15) is 12.5 Å². The van der Waals surface area contributed by atoms with Crippen LogP contribution in [0.25, 0.3) is 0 Å². The molecule has 1 aliphatic heterocycles. The second-order valence-electron chi connectivity index (χ2n) is 4.73. The molecule has 4 nitrogen and oxygen atoms in total. The summed E-state index contributed by atoms with van der Waals surface area (Å²) in [5.74, 6) is 1.70. The van der Waals surface area contributed by atoms with Crippen LogP contribution in [0.4, 0.5) is 0 Å². The van der Waals surface area contributed by atoms with E-state index in [1.807, 2.05) is 6.07 Å². The number of methoxy groups -OCH3 is 2. The Labute approximate surface area is 109 Å². The Balaban J connectivity index is 2.12. The van der Waals surface area contributed by atoms with Crippen molar-refractivity contribution in [3.8, 4) is 11.5 Å². The Hall–Kier alpha value is -1.26. The SMILES string of the molecule is COc1cc(CC2NCCNC2C)cc(OC)c1. The second-order valence-corrected chi connectivity index (χ2v) is 4.73. The molecule has 2 N–H and O–H groups in total. The fourth-order valence-corrected chi connectivity index (χ4v) is 2.36. The van der Waals surface area contributed by atoms with E-state index in [9.17, 15) is 0 Å². The molecule has 1 fully saturated rings. The van der Waals surface area contributed by atoms with E-state index in [1.165, 1.54) is 5.56 Å². The zero-order chi connectivity index (χ0) is 13.0. The summed E-state index contributed by atoms with van der Waals surface area (Å²) in [7, 11) is 3.36. The van der Waals surface area contributed by atoms with Crippen molar-refractivity contribution in [2.75, 3.05) is 27.3 Å². The van der Waals surface area contributed by atoms with Crippen LogP contribution in [0.3, 0.4) is 0 Å². The van der Waals surface area contributed by atoms with E-state index in [0.717, 1.165) is 31.0 Å². The summed E-state index contributed by atoms with van der Waals surface area (Å²) in [6, 6.07) is 6.99. The average molecular weight is 250 g/mol.